The maximum Gasteiger partial charge on any atom is 0.222 e. The predicted octanol–water partition coefficient (Wildman–Crippen LogP) is 3.21. The van der Waals surface area contributed by atoms with E-state index < -0.39 is 0 Å². The second kappa shape index (κ2) is 6.22. The molecule has 0 amide bonds. The zero-order valence-corrected chi connectivity index (χ0v) is 12.2. The van der Waals surface area contributed by atoms with Crippen molar-refractivity contribution < 1.29 is 4.74 Å². The molecule has 0 bridgehead atoms. The second-order valence-electron chi connectivity index (χ2n) is 5.95. The molecule has 0 radical (unpaired) electrons. The Balaban J connectivity index is 2.12. The van der Waals surface area contributed by atoms with Crippen molar-refractivity contribution in [2.24, 2.45) is 11.8 Å². The Kier molecular flexibility index (Phi) is 4.61. The number of anilines is 1. The molecule has 19 heavy (non-hydrogen) atoms. The van der Waals surface area contributed by atoms with Crippen molar-refractivity contribution in [3.8, 4) is 5.88 Å². The van der Waals surface area contributed by atoms with Crippen LogP contribution in [0.5, 0.6) is 5.88 Å². The van der Waals surface area contributed by atoms with Gasteiger partial charge in [-0.25, -0.2) is 9.97 Å². The van der Waals surface area contributed by atoms with Gasteiger partial charge in [-0.3, -0.25) is 0 Å². The molecule has 0 aromatic carbocycles. The average molecular weight is 263 g/mol. The topological polar surface area (TPSA) is 61.0 Å². The van der Waals surface area contributed by atoms with Crippen LogP contribution >= 0.6 is 0 Å². The van der Waals surface area contributed by atoms with Crippen molar-refractivity contribution in [2.75, 3.05) is 5.73 Å². The lowest BCUT2D eigenvalue weighted by atomic mass is 9.82. The Labute approximate surface area is 115 Å². The number of nitrogens with two attached hydrogens (primary N) is 1. The van der Waals surface area contributed by atoms with Crippen LogP contribution in [-0.2, 0) is 6.42 Å². The zero-order chi connectivity index (χ0) is 13.8. The van der Waals surface area contributed by atoms with Crippen LogP contribution in [0.1, 0.15) is 52.0 Å². The first-order valence-electron chi connectivity index (χ1n) is 7.36. The molecule has 2 rings (SSSR count). The molecular formula is C15H25N3O. The van der Waals surface area contributed by atoms with Gasteiger partial charge in [0.15, 0.2) is 0 Å². The van der Waals surface area contributed by atoms with Crippen LogP contribution in [0.3, 0.4) is 0 Å². The fraction of sp³-hybridized carbons (Fsp3) is 0.733. The molecule has 1 fully saturated rings. The molecule has 1 aromatic heterocycles. The molecule has 0 spiro atoms. The van der Waals surface area contributed by atoms with Gasteiger partial charge >= 0.3 is 0 Å². The molecule has 2 atom stereocenters. The van der Waals surface area contributed by atoms with E-state index in [4.69, 9.17) is 10.5 Å². The molecule has 2 unspecified atom stereocenters. The predicted molar refractivity (Wildman–Crippen MR) is 77.0 cm³/mol. The molecular weight excluding hydrogens is 238 g/mol. The van der Waals surface area contributed by atoms with E-state index in [1.165, 1.54) is 12.7 Å². The number of hydrogen-bond acceptors (Lipinski definition) is 4. The first-order valence-corrected chi connectivity index (χ1v) is 7.36. The summed E-state index contributed by atoms with van der Waals surface area (Å²) in [6, 6.07) is 0. The fourth-order valence-corrected chi connectivity index (χ4v) is 3.12. The normalized spacial score (nSPS) is 27.2. The van der Waals surface area contributed by atoms with Gasteiger partial charge in [-0.15, -0.1) is 0 Å². The second-order valence-corrected chi connectivity index (χ2v) is 5.95. The lowest BCUT2D eigenvalue weighted by Gasteiger charge is -2.31. The van der Waals surface area contributed by atoms with Gasteiger partial charge in [0.2, 0.25) is 5.88 Å². The quantitative estimate of drug-likeness (QED) is 0.906. The minimum absolute atomic E-state index is 0.267. The van der Waals surface area contributed by atoms with E-state index in [0.717, 1.165) is 43.1 Å². The van der Waals surface area contributed by atoms with Crippen molar-refractivity contribution in [1.29, 1.82) is 0 Å². The molecule has 1 aliphatic carbocycles. The molecule has 0 saturated heterocycles. The van der Waals surface area contributed by atoms with Crippen LogP contribution in [0.4, 0.5) is 5.82 Å². The van der Waals surface area contributed by atoms with Crippen LogP contribution in [0, 0.1) is 11.8 Å². The van der Waals surface area contributed by atoms with Gasteiger partial charge in [0, 0.05) is 0 Å². The van der Waals surface area contributed by atoms with E-state index in [2.05, 4.69) is 30.7 Å². The molecule has 1 aliphatic rings. The van der Waals surface area contributed by atoms with E-state index in [9.17, 15) is 0 Å². The van der Waals surface area contributed by atoms with Crippen molar-refractivity contribution >= 4 is 5.82 Å². The Morgan fingerprint density at radius 3 is 2.53 bits per heavy atom. The van der Waals surface area contributed by atoms with Gasteiger partial charge in [0.1, 0.15) is 18.2 Å². The summed E-state index contributed by atoms with van der Waals surface area (Å²) < 4.78 is 6.13. The van der Waals surface area contributed by atoms with Crippen LogP contribution in [0.2, 0.25) is 0 Å². The minimum Gasteiger partial charge on any atom is -0.474 e. The highest BCUT2D eigenvalue weighted by Crippen LogP contribution is 2.32. The van der Waals surface area contributed by atoms with E-state index in [-0.39, 0.29) is 6.10 Å². The summed E-state index contributed by atoms with van der Waals surface area (Å²) in [7, 11) is 0. The molecule has 2 N–H and O–H groups in total. The third-order valence-electron chi connectivity index (χ3n) is 3.85. The average Bonchev–Trinajstić information content (AvgIpc) is 2.32. The summed E-state index contributed by atoms with van der Waals surface area (Å²) in [6.07, 6.45) is 7.18. The standard InChI is InChI=1S/C15H25N3O/c1-4-5-13-14(16)17-9-18-15(13)19-12-7-10(2)6-11(3)8-12/h9-12H,4-8H2,1-3H3,(H2,16,17,18). The summed E-state index contributed by atoms with van der Waals surface area (Å²) in [5, 5.41) is 0. The third-order valence-corrected chi connectivity index (χ3v) is 3.85. The fourth-order valence-electron chi connectivity index (χ4n) is 3.12. The van der Waals surface area contributed by atoms with Crippen LogP contribution in [-0.4, -0.2) is 16.1 Å². The minimum atomic E-state index is 0.267. The zero-order valence-electron chi connectivity index (χ0n) is 12.2. The highest BCUT2D eigenvalue weighted by Gasteiger charge is 2.26. The van der Waals surface area contributed by atoms with Gasteiger partial charge in [0.25, 0.3) is 0 Å². The number of nitrogens with zero attached hydrogens (tertiary/aromatic N) is 2. The molecule has 4 nitrogen and oxygen atoms in total. The smallest absolute Gasteiger partial charge is 0.222 e. The molecule has 1 aromatic rings. The Bertz CT molecular complexity index is 412. The highest BCUT2D eigenvalue weighted by molar-refractivity contribution is 5.44. The number of nitrogen functional groups attached to an aromatic ring is 1. The number of hydrogen-bond donors (Lipinski definition) is 1. The van der Waals surface area contributed by atoms with Crippen LogP contribution < -0.4 is 10.5 Å². The third kappa shape index (κ3) is 3.58. The highest BCUT2D eigenvalue weighted by atomic mass is 16.5. The van der Waals surface area contributed by atoms with Gasteiger partial charge in [-0.2, -0.15) is 0 Å². The number of rotatable bonds is 4. The van der Waals surface area contributed by atoms with E-state index >= 15 is 0 Å². The number of aromatic nitrogens is 2. The monoisotopic (exact) mass is 263 g/mol. The lowest BCUT2D eigenvalue weighted by molar-refractivity contribution is 0.0956. The summed E-state index contributed by atoms with van der Waals surface area (Å²) >= 11 is 0. The maximum absolute atomic E-state index is 6.13. The maximum atomic E-state index is 6.13. The summed E-state index contributed by atoms with van der Waals surface area (Å²) in [5.41, 5.74) is 6.90. The largest absolute Gasteiger partial charge is 0.474 e. The van der Waals surface area contributed by atoms with E-state index in [1.807, 2.05) is 0 Å². The summed E-state index contributed by atoms with van der Waals surface area (Å²) in [4.78, 5) is 8.36. The van der Waals surface area contributed by atoms with Gasteiger partial charge in [-0.05, 0) is 37.5 Å². The lowest BCUT2D eigenvalue weighted by Crippen LogP contribution is -2.29. The molecule has 0 aliphatic heterocycles. The Hall–Kier alpha value is -1.32. The SMILES string of the molecule is CCCc1c(N)ncnc1OC1CC(C)CC(C)C1. The van der Waals surface area contributed by atoms with Crippen molar-refractivity contribution in [1.82, 2.24) is 9.97 Å². The molecule has 106 valence electrons. The molecule has 1 heterocycles. The van der Waals surface area contributed by atoms with Crippen LogP contribution in [0.15, 0.2) is 6.33 Å². The summed E-state index contributed by atoms with van der Waals surface area (Å²) in [5.74, 6) is 2.70. The van der Waals surface area contributed by atoms with Gasteiger partial charge in [0.05, 0.1) is 5.56 Å². The Morgan fingerprint density at radius 1 is 1.21 bits per heavy atom. The van der Waals surface area contributed by atoms with Crippen molar-refractivity contribution in [2.45, 2.75) is 59.0 Å². The van der Waals surface area contributed by atoms with Crippen LogP contribution in [0.25, 0.3) is 0 Å². The first kappa shape index (κ1) is 14.1. The Morgan fingerprint density at radius 2 is 1.89 bits per heavy atom. The van der Waals surface area contributed by atoms with Crippen molar-refractivity contribution in [3.63, 3.8) is 0 Å². The molecule has 4 heteroatoms. The number of ether oxygens (including phenoxy) is 1. The van der Waals surface area contributed by atoms with E-state index in [1.54, 1.807) is 0 Å². The van der Waals surface area contributed by atoms with E-state index in [0.29, 0.717) is 11.7 Å². The van der Waals surface area contributed by atoms with Gasteiger partial charge < -0.3 is 10.5 Å². The summed E-state index contributed by atoms with van der Waals surface area (Å²) in [6.45, 7) is 6.72. The van der Waals surface area contributed by atoms with Gasteiger partial charge in [-0.1, -0.05) is 27.2 Å². The molecule has 1 saturated carbocycles. The van der Waals surface area contributed by atoms with Crippen molar-refractivity contribution in [3.05, 3.63) is 11.9 Å². The first-order chi connectivity index (χ1) is 9.10.